The average Bonchev–Trinajstić information content (AvgIpc) is 3.03. The molecule has 0 spiro atoms. The molecule has 0 saturated carbocycles. The van der Waals surface area contributed by atoms with Crippen LogP contribution in [-0.2, 0) is 6.54 Å². The molecule has 3 rings (SSSR count). The Bertz CT molecular complexity index is 764. The summed E-state index contributed by atoms with van der Waals surface area (Å²) in [5.74, 6) is 1.11. The summed E-state index contributed by atoms with van der Waals surface area (Å²) in [5, 5.41) is 5.57. The first-order valence-corrected chi connectivity index (χ1v) is 7.72. The Balaban J connectivity index is 1.55. The summed E-state index contributed by atoms with van der Waals surface area (Å²) in [7, 11) is 0. The molecule has 0 aliphatic carbocycles. The lowest BCUT2D eigenvalue weighted by atomic mass is 10.1. The maximum atomic E-state index is 13.5. The van der Waals surface area contributed by atoms with Crippen molar-refractivity contribution in [3.8, 4) is 11.5 Å². The molecule has 0 saturated heterocycles. The number of hydrogen-bond acceptors (Lipinski definition) is 3. The van der Waals surface area contributed by atoms with Gasteiger partial charge >= 0.3 is 6.03 Å². The summed E-state index contributed by atoms with van der Waals surface area (Å²) in [6.45, 7) is 4.06. The van der Waals surface area contributed by atoms with Crippen LogP contribution in [0, 0.1) is 12.7 Å². The fourth-order valence-corrected chi connectivity index (χ4v) is 2.44. The standard InChI is InChI=1S/C18H19FN2O3/c1-11-3-4-13(7-15(11)19)9-20-18(22)21-12(2)14-5-6-16-17(8-14)24-10-23-16/h3-8,12H,9-10H2,1-2H3,(H2,20,21,22). The second-order valence-electron chi connectivity index (χ2n) is 5.74. The summed E-state index contributed by atoms with van der Waals surface area (Å²) in [4.78, 5) is 12.0. The van der Waals surface area contributed by atoms with Crippen molar-refractivity contribution in [2.45, 2.75) is 26.4 Å². The van der Waals surface area contributed by atoms with Crippen LogP contribution >= 0.6 is 0 Å². The summed E-state index contributed by atoms with van der Waals surface area (Å²) in [6.07, 6.45) is 0. The van der Waals surface area contributed by atoms with E-state index in [0.717, 1.165) is 5.56 Å². The molecule has 1 aliphatic heterocycles. The number of hydrogen-bond donors (Lipinski definition) is 2. The Morgan fingerprint density at radius 3 is 2.79 bits per heavy atom. The third-order valence-corrected chi connectivity index (χ3v) is 3.93. The van der Waals surface area contributed by atoms with Gasteiger partial charge in [-0.1, -0.05) is 18.2 Å². The van der Waals surface area contributed by atoms with Gasteiger partial charge in [0, 0.05) is 6.54 Å². The number of carbonyl (C=O) groups excluding carboxylic acids is 1. The van der Waals surface area contributed by atoms with Crippen LogP contribution < -0.4 is 20.1 Å². The van der Waals surface area contributed by atoms with Crippen LogP contribution in [0.1, 0.15) is 29.7 Å². The molecule has 0 bridgehead atoms. The number of aryl methyl sites for hydroxylation is 1. The molecular weight excluding hydrogens is 311 g/mol. The van der Waals surface area contributed by atoms with Gasteiger partial charge in [0.05, 0.1) is 6.04 Å². The summed E-state index contributed by atoms with van der Waals surface area (Å²) in [6, 6.07) is 9.95. The number of carbonyl (C=O) groups is 1. The third kappa shape index (κ3) is 3.59. The van der Waals surface area contributed by atoms with E-state index < -0.39 is 0 Å². The fraction of sp³-hybridized carbons (Fsp3) is 0.278. The van der Waals surface area contributed by atoms with Crippen molar-refractivity contribution in [3.63, 3.8) is 0 Å². The number of rotatable bonds is 4. The van der Waals surface area contributed by atoms with Crippen molar-refractivity contribution in [2.24, 2.45) is 0 Å². The van der Waals surface area contributed by atoms with E-state index in [4.69, 9.17) is 9.47 Å². The van der Waals surface area contributed by atoms with Gasteiger partial charge in [-0.15, -0.1) is 0 Å². The molecule has 2 N–H and O–H groups in total. The van der Waals surface area contributed by atoms with Gasteiger partial charge in [-0.25, -0.2) is 9.18 Å². The summed E-state index contributed by atoms with van der Waals surface area (Å²) in [5.41, 5.74) is 2.21. The van der Waals surface area contributed by atoms with Crippen LogP contribution in [-0.4, -0.2) is 12.8 Å². The molecule has 1 heterocycles. The maximum absolute atomic E-state index is 13.5. The molecule has 5 nitrogen and oxygen atoms in total. The summed E-state index contributed by atoms with van der Waals surface area (Å²) >= 11 is 0. The molecule has 24 heavy (non-hydrogen) atoms. The lowest BCUT2D eigenvalue weighted by molar-refractivity contribution is 0.174. The Labute approximate surface area is 139 Å². The second-order valence-corrected chi connectivity index (χ2v) is 5.74. The van der Waals surface area contributed by atoms with Crippen LogP contribution in [0.3, 0.4) is 0 Å². The minimum absolute atomic E-state index is 0.200. The number of ether oxygens (including phenoxy) is 2. The van der Waals surface area contributed by atoms with Crippen molar-refractivity contribution in [3.05, 3.63) is 58.9 Å². The highest BCUT2D eigenvalue weighted by atomic mass is 19.1. The highest BCUT2D eigenvalue weighted by molar-refractivity contribution is 5.74. The Morgan fingerprint density at radius 1 is 1.21 bits per heavy atom. The minimum atomic E-state index is -0.318. The zero-order valence-corrected chi connectivity index (χ0v) is 13.6. The van der Waals surface area contributed by atoms with E-state index in [0.29, 0.717) is 22.6 Å². The average molecular weight is 330 g/mol. The molecule has 0 fully saturated rings. The van der Waals surface area contributed by atoms with Crippen LogP contribution in [0.4, 0.5) is 9.18 Å². The van der Waals surface area contributed by atoms with Crippen molar-refractivity contribution < 1.29 is 18.7 Å². The quantitative estimate of drug-likeness (QED) is 0.903. The van der Waals surface area contributed by atoms with Crippen molar-refractivity contribution in [1.29, 1.82) is 0 Å². The van der Waals surface area contributed by atoms with Crippen LogP contribution in [0.5, 0.6) is 11.5 Å². The molecule has 2 aromatic rings. The Morgan fingerprint density at radius 2 is 2.00 bits per heavy atom. The molecule has 0 aromatic heterocycles. The zero-order valence-electron chi connectivity index (χ0n) is 13.6. The zero-order chi connectivity index (χ0) is 17.1. The molecule has 6 heteroatoms. The van der Waals surface area contributed by atoms with E-state index >= 15 is 0 Å². The molecule has 2 aromatic carbocycles. The SMILES string of the molecule is Cc1ccc(CNC(=O)NC(C)c2ccc3c(c2)OCO3)cc1F. The fourth-order valence-electron chi connectivity index (χ4n) is 2.44. The number of amides is 2. The van der Waals surface area contributed by atoms with Gasteiger partial charge in [0.15, 0.2) is 11.5 Å². The van der Waals surface area contributed by atoms with Gasteiger partial charge in [0.2, 0.25) is 6.79 Å². The van der Waals surface area contributed by atoms with Crippen molar-refractivity contribution in [2.75, 3.05) is 6.79 Å². The lowest BCUT2D eigenvalue weighted by Gasteiger charge is -2.15. The van der Waals surface area contributed by atoms with Crippen LogP contribution in [0.25, 0.3) is 0 Å². The number of halogens is 1. The first-order valence-electron chi connectivity index (χ1n) is 7.72. The van der Waals surface area contributed by atoms with Gasteiger partial charge < -0.3 is 20.1 Å². The monoisotopic (exact) mass is 330 g/mol. The van der Waals surface area contributed by atoms with E-state index in [1.165, 1.54) is 6.07 Å². The smallest absolute Gasteiger partial charge is 0.315 e. The van der Waals surface area contributed by atoms with Gasteiger partial charge in [-0.3, -0.25) is 0 Å². The molecule has 1 unspecified atom stereocenters. The van der Waals surface area contributed by atoms with E-state index in [-0.39, 0.29) is 31.2 Å². The van der Waals surface area contributed by atoms with Crippen LogP contribution in [0.2, 0.25) is 0 Å². The Kier molecular flexibility index (Phi) is 4.55. The van der Waals surface area contributed by atoms with Gasteiger partial charge in [-0.2, -0.15) is 0 Å². The highest BCUT2D eigenvalue weighted by Crippen LogP contribution is 2.34. The van der Waals surface area contributed by atoms with Gasteiger partial charge in [-0.05, 0) is 48.7 Å². The van der Waals surface area contributed by atoms with Crippen LogP contribution in [0.15, 0.2) is 36.4 Å². The number of urea groups is 1. The number of benzene rings is 2. The first kappa shape index (κ1) is 16.1. The molecule has 126 valence electrons. The maximum Gasteiger partial charge on any atom is 0.315 e. The highest BCUT2D eigenvalue weighted by Gasteiger charge is 2.16. The van der Waals surface area contributed by atoms with Gasteiger partial charge in [0.25, 0.3) is 0 Å². The predicted octanol–water partition coefficient (Wildman–Crippen LogP) is 3.42. The van der Waals surface area contributed by atoms with Gasteiger partial charge in [0.1, 0.15) is 5.82 Å². The van der Waals surface area contributed by atoms with E-state index in [1.807, 2.05) is 25.1 Å². The number of nitrogens with one attached hydrogen (secondary N) is 2. The normalized spacial score (nSPS) is 13.5. The van der Waals surface area contributed by atoms with E-state index in [1.54, 1.807) is 19.1 Å². The lowest BCUT2D eigenvalue weighted by Crippen LogP contribution is -2.36. The topological polar surface area (TPSA) is 59.6 Å². The molecular formula is C18H19FN2O3. The van der Waals surface area contributed by atoms with E-state index in [2.05, 4.69) is 10.6 Å². The van der Waals surface area contributed by atoms with Crippen molar-refractivity contribution >= 4 is 6.03 Å². The largest absolute Gasteiger partial charge is 0.454 e. The first-order chi connectivity index (χ1) is 11.5. The van der Waals surface area contributed by atoms with E-state index in [9.17, 15) is 9.18 Å². The third-order valence-electron chi connectivity index (χ3n) is 3.93. The number of fused-ring (bicyclic) bond motifs is 1. The molecule has 0 radical (unpaired) electrons. The predicted molar refractivity (Wildman–Crippen MR) is 87.5 cm³/mol. The molecule has 1 aliphatic rings. The minimum Gasteiger partial charge on any atom is -0.454 e. The van der Waals surface area contributed by atoms with Crippen molar-refractivity contribution in [1.82, 2.24) is 10.6 Å². The Hall–Kier alpha value is -2.76. The molecule has 1 atom stereocenters. The molecule has 2 amide bonds. The second kappa shape index (κ2) is 6.78. The summed E-state index contributed by atoms with van der Waals surface area (Å²) < 4.78 is 24.1.